The van der Waals surface area contributed by atoms with Crippen LogP contribution in [-0.2, 0) is 13.0 Å². The first-order valence-electron chi connectivity index (χ1n) is 7.46. The summed E-state index contributed by atoms with van der Waals surface area (Å²) in [6.07, 6.45) is 6.61. The Morgan fingerprint density at radius 3 is 3.22 bits per heavy atom. The normalized spacial score (nSPS) is 25.4. The molecule has 0 radical (unpaired) electrons. The molecule has 3 rings (SSSR count). The van der Waals surface area contributed by atoms with Gasteiger partial charge < -0.3 is 10.6 Å². The van der Waals surface area contributed by atoms with Gasteiger partial charge in [0, 0.05) is 24.8 Å². The van der Waals surface area contributed by atoms with Crippen molar-refractivity contribution >= 4 is 5.69 Å². The molecular weight excluding hydrogens is 220 g/mol. The molecule has 98 valence electrons. The van der Waals surface area contributed by atoms with Gasteiger partial charge in [-0.05, 0) is 48.8 Å². The molecule has 0 saturated heterocycles. The quantitative estimate of drug-likeness (QED) is 0.830. The SMILES string of the molecule is CCCC1CC1NCc1ccc2c(c1)CCCN2. The largest absolute Gasteiger partial charge is 0.385 e. The van der Waals surface area contributed by atoms with Crippen LogP contribution >= 0.6 is 0 Å². The summed E-state index contributed by atoms with van der Waals surface area (Å²) in [7, 11) is 0. The molecule has 2 unspecified atom stereocenters. The minimum atomic E-state index is 0.791. The van der Waals surface area contributed by atoms with Crippen molar-refractivity contribution in [2.24, 2.45) is 5.92 Å². The zero-order valence-corrected chi connectivity index (χ0v) is 11.3. The fourth-order valence-electron chi connectivity index (χ4n) is 3.07. The Bertz CT molecular complexity index is 414. The number of nitrogens with one attached hydrogen (secondary N) is 2. The summed E-state index contributed by atoms with van der Waals surface area (Å²) in [5.41, 5.74) is 4.29. The topological polar surface area (TPSA) is 24.1 Å². The third-order valence-electron chi connectivity index (χ3n) is 4.26. The number of anilines is 1. The number of hydrogen-bond donors (Lipinski definition) is 2. The third-order valence-corrected chi connectivity index (χ3v) is 4.26. The molecule has 18 heavy (non-hydrogen) atoms. The van der Waals surface area contributed by atoms with Gasteiger partial charge in [-0.3, -0.25) is 0 Å². The minimum absolute atomic E-state index is 0.791. The molecule has 1 heterocycles. The maximum Gasteiger partial charge on any atom is 0.0372 e. The molecule has 1 aromatic rings. The van der Waals surface area contributed by atoms with E-state index >= 15 is 0 Å². The lowest BCUT2D eigenvalue weighted by atomic mass is 10.0. The maximum absolute atomic E-state index is 3.69. The van der Waals surface area contributed by atoms with Crippen LogP contribution in [0.3, 0.4) is 0 Å². The average molecular weight is 244 g/mol. The van der Waals surface area contributed by atoms with E-state index in [1.807, 2.05) is 0 Å². The van der Waals surface area contributed by atoms with Crippen molar-refractivity contribution in [3.05, 3.63) is 29.3 Å². The molecule has 2 heteroatoms. The van der Waals surface area contributed by atoms with E-state index < -0.39 is 0 Å². The van der Waals surface area contributed by atoms with E-state index in [1.54, 1.807) is 0 Å². The van der Waals surface area contributed by atoms with Crippen molar-refractivity contribution in [2.75, 3.05) is 11.9 Å². The zero-order valence-electron chi connectivity index (χ0n) is 11.3. The second-order valence-electron chi connectivity index (χ2n) is 5.79. The van der Waals surface area contributed by atoms with Crippen molar-refractivity contribution in [1.29, 1.82) is 0 Å². The highest BCUT2D eigenvalue weighted by molar-refractivity contribution is 5.54. The number of benzene rings is 1. The van der Waals surface area contributed by atoms with E-state index in [9.17, 15) is 0 Å². The molecule has 0 aromatic heterocycles. The lowest BCUT2D eigenvalue weighted by Crippen LogP contribution is -2.18. The van der Waals surface area contributed by atoms with E-state index in [0.717, 1.165) is 25.0 Å². The van der Waals surface area contributed by atoms with Crippen molar-refractivity contribution in [3.8, 4) is 0 Å². The molecule has 1 fully saturated rings. The van der Waals surface area contributed by atoms with Crippen LogP contribution in [0.2, 0.25) is 0 Å². The summed E-state index contributed by atoms with van der Waals surface area (Å²) in [4.78, 5) is 0. The number of aryl methyl sites for hydroxylation is 1. The van der Waals surface area contributed by atoms with Gasteiger partial charge in [-0.25, -0.2) is 0 Å². The molecule has 2 N–H and O–H groups in total. The van der Waals surface area contributed by atoms with Crippen molar-refractivity contribution in [3.63, 3.8) is 0 Å². The van der Waals surface area contributed by atoms with Crippen LogP contribution in [0.15, 0.2) is 18.2 Å². The van der Waals surface area contributed by atoms with Gasteiger partial charge >= 0.3 is 0 Å². The van der Waals surface area contributed by atoms with E-state index in [2.05, 4.69) is 35.8 Å². The van der Waals surface area contributed by atoms with Gasteiger partial charge in [0.15, 0.2) is 0 Å². The third kappa shape index (κ3) is 2.69. The monoisotopic (exact) mass is 244 g/mol. The van der Waals surface area contributed by atoms with E-state index in [4.69, 9.17) is 0 Å². The highest BCUT2D eigenvalue weighted by Gasteiger charge is 2.35. The van der Waals surface area contributed by atoms with Gasteiger partial charge in [0.2, 0.25) is 0 Å². The lowest BCUT2D eigenvalue weighted by Gasteiger charge is -2.18. The molecule has 0 bridgehead atoms. The number of rotatable bonds is 5. The number of fused-ring (bicyclic) bond motifs is 1. The molecule has 2 nitrogen and oxygen atoms in total. The molecule has 2 aliphatic rings. The van der Waals surface area contributed by atoms with Gasteiger partial charge in [-0.2, -0.15) is 0 Å². The fraction of sp³-hybridized carbons (Fsp3) is 0.625. The Kier molecular flexibility index (Phi) is 3.55. The second-order valence-corrected chi connectivity index (χ2v) is 5.79. The standard InChI is InChI=1S/C16H24N2/c1-2-4-13-10-16(13)18-11-12-6-7-15-14(9-12)5-3-8-17-15/h6-7,9,13,16-18H,2-5,8,10-11H2,1H3. The van der Waals surface area contributed by atoms with Crippen LogP contribution in [-0.4, -0.2) is 12.6 Å². The molecule has 2 atom stereocenters. The highest BCUT2D eigenvalue weighted by Crippen LogP contribution is 2.34. The summed E-state index contributed by atoms with van der Waals surface area (Å²) in [5.74, 6) is 0.953. The van der Waals surface area contributed by atoms with Gasteiger partial charge in [-0.15, -0.1) is 0 Å². The predicted molar refractivity (Wildman–Crippen MR) is 76.9 cm³/mol. The van der Waals surface area contributed by atoms with Crippen molar-refractivity contribution < 1.29 is 0 Å². The van der Waals surface area contributed by atoms with Crippen molar-refractivity contribution in [1.82, 2.24) is 5.32 Å². The van der Waals surface area contributed by atoms with Crippen LogP contribution in [0.4, 0.5) is 5.69 Å². The summed E-state index contributed by atoms with van der Waals surface area (Å²) < 4.78 is 0. The maximum atomic E-state index is 3.69. The molecular formula is C16H24N2. The van der Waals surface area contributed by atoms with E-state index in [-0.39, 0.29) is 0 Å². The van der Waals surface area contributed by atoms with Gasteiger partial charge in [0.25, 0.3) is 0 Å². The zero-order chi connectivity index (χ0) is 12.4. The van der Waals surface area contributed by atoms with Crippen LogP contribution in [0.1, 0.15) is 43.7 Å². The molecule has 1 aliphatic carbocycles. The first-order valence-corrected chi connectivity index (χ1v) is 7.46. The highest BCUT2D eigenvalue weighted by atomic mass is 15.0. The number of hydrogen-bond acceptors (Lipinski definition) is 2. The molecule has 1 saturated carbocycles. The van der Waals surface area contributed by atoms with E-state index in [0.29, 0.717) is 0 Å². The minimum Gasteiger partial charge on any atom is -0.385 e. The van der Waals surface area contributed by atoms with E-state index in [1.165, 1.54) is 48.9 Å². The van der Waals surface area contributed by atoms with Gasteiger partial charge in [0.05, 0.1) is 0 Å². The lowest BCUT2D eigenvalue weighted by molar-refractivity contribution is 0.599. The Morgan fingerprint density at radius 1 is 1.39 bits per heavy atom. The first kappa shape index (κ1) is 12.0. The smallest absolute Gasteiger partial charge is 0.0372 e. The fourth-order valence-corrected chi connectivity index (χ4v) is 3.07. The molecule has 0 amide bonds. The molecule has 1 aromatic carbocycles. The van der Waals surface area contributed by atoms with Gasteiger partial charge in [-0.1, -0.05) is 25.5 Å². The summed E-state index contributed by atoms with van der Waals surface area (Å²) in [5, 5.41) is 7.16. The first-order chi connectivity index (χ1) is 8.86. The average Bonchev–Trinajstić information content (AvgIpc) is 3.15. The Hall–Kier alpha value is -1.02. The van der Waals surface area contributed by atoms with Crippen LogP contribution in [0.25, 0.3) is 0 Å². The van der Waals surface area contributed by atoms with Crippen LogP contribution < -0.4 is 10.6 Å². The van der Waals surface area contributed by atoms with Crippen molar-refractivity contribution in [2.45, 2.75) is 51.6 Å². The Balaban J connectivity index is 1.54. The Labute approximate surface area is 110 Å². The summed E-state index contributed by atoms with van der Waals surface area (Å²) in [6.45, 7) is 4.45. The molecule has 1 aliphatic heterocycles. The van der Waals surface area contributed by atoms with Gasteiger partial charge in [0.1, 0.15) is 0 Å². The predicted octanol–water partition coefficient (Wildman–Crippen LogP) is 3.32. The molecule has 0 spiro atoms. The van der Waals surface area contributed by atoms with Crippen LogP contribution in [0.5, 0.6) is 0 Å². The summed E-state index contributed by atoms with van der Waals surface area (Å²) >= 11 is 0. The van der Waals surface area contributed by atoms with Crippen LogP contribution in [0, 0.1) is 5.92 Å². The summed E-state index contributed by atoms with van der Waals surface area (Å²) in [6, 6.07) is 7.69. The second kappa shape index (κ2) is 5.31. The Morgan fingerprint density at radius 2 is 2.33 bits per heavy atom.